The van der Waals surface area contributed by atoms with Crippen molar-refractivity contribution in [1.29, 1.82) is 0 Å². The fraction of sp³-hybridized carbons (Fsp3) is 0.333. The van der Waals surface area contributed by atoms with Gasteiger partial charge in [-0.05, 0) is 38.7 Å². The molecule has 7 rings (SSSR count). The Bertz CT molecular complexity index is 1940. The van der Waals surface area contributed by atoms with Gasteiger partial charge >= 0.3 is 0 Å². The third kappa shape index (κ3) is 4.83. The van der Waals surface area contributed by atoms with Gasteiger partial charge in [0, 0.05) is 47.1 Å². The predicted octanol–water partition coefficient (Wildman–Crippen LogP) is 3.35. The molecule has 1 amide bonds. The maximum absolute atomic E-state index is 13.3. The minimum atomic E-state index is -3.74. The molecule has 2 aliphatic rings. The standard InChI is InChI=1S/C30H31N9O3S/c1-17-34-25(37-36-17)14-26(40)38-21-9-10-22(38)13-20(12-21)27-28(43(2,41)42)29(31)39-30(35-27)23(16-33-39)19-8-11-24(32-15-19)18-6-4-3-5-7-18/h3-8,11,15-16,20-22H,9-10,12-14,31H2,1-2H3,(H,34,36,37)/t20?,21-,22+. The quantitative estimate of drug-likeness (QED) is 0.299. The minimum Gasteiger partial charge on any atom is -0.382 e. The van der Waals surface area contributed by atoms with Crippen LogP contribution in [0.5, 0.6) is 0 Å². The second-order valence-electron chi connectivity index (χ2n) is 11.4. The Balaban J connectivity index is 1.24. The number of nitrogens with zero attached hydrogens (tertiary/aromatic N) is 7. The number of nitrogens with one attached hydrogen (secondary N) is 1. The number of carbonyl (C=O) groups is 1. The van der Waals surface area contributed by atoms with Gasteiger partial charge in [-0.2, -0.15) is 14.7 Å². The van der Waals surface area contributed by atoms with E-state index in [2.05, 4.69) is 25.3 Å². The highest BCUT2D eigenvalue weighted by Crippen LogP contribution is 2.45. The summed E-state index contributed by atoms with van der Waals surface area (Å²) in [5, 5.41) is 11.3. The number of aromatic nitrogens is 7. The Morgan fingerprint density at radius 1 is 1.02 bits per heavy atom. The molecule has 5 aromatic rings. The van der Waals surface area contributed by atoms with Crippen molar-refractivity contribution in [2.24, 2.45) is 0 Å². The van der Waals surface area contributed by atoms with Crippen LogP contribution in [0.3, 0.4) is 0 Å². The number of aromatic amines is 1. The highest BCUT2D eigenvalue weighted by Gasteiger charge is 2.45. The summed E-state index contributed by atoms with van der Waals surface area (Å²) in [6, 6.07) is 13.7. The third-order valence-electron chi connectivity index (χ3n) is 8.55. The van der Waals surface area contributed by atoms with Gasteiger partial charge < -0.3 is 10.6 Å². The fourth-order valence-electron chi connectivity index (χ4n) is 6.72. The van der Waals surface area contributed by atoms with Crippen LogP contribution in [0.25, 0.3) is 28.0 Å². The summed E-state index contributed by atoms with van der Waals surface area (Å²) in [5.41, 5.74) is 10.8. The lowest BCUT2D eigenvalue weighted by Gasteiger charge is -2.39. The van der Waals surface area contributed by atoms with Crippen LogP contribution < -0.4 is 5.73 Å². The summed E-state index contributed by atoms with van der Waals surface area (Å²) < 4.78 is 27.6. The number of hydrogen-bond acceptors (Lipinski definition) is 9. The van der Waals surface area contributed by atoms with Gasteiger partial charge in [-0.1, -0.05) is 36.4 Å². The molecular formula is C30H31N9O3S. The summed E-state index contributed by atoms with van der Waals surface area (Å²) in [4.78, 5) is 29.2. The Morgan fingerprint density at radius 2 is 1.77 bits per heavy atom. The second kappa shape index (κ2) is 10.3. The zero-order valence-electron chi connectivity index (χ0n) is 23.8. The molecule has 2 bridgehead atoms. The van der Waals surface area contributed by atoms with Crippen molar-refractivity contribution in [3.05, 3.63) is 72.2 Å². The predicted molar refractivity (Wildman–Crippen MR) is 160 cm³/mol. The van der Waals surface area contributed by atoms with Crippen molar-refractivity contribution in [2.45, 2.75) is 61.9 Å². The van der Waals surface area contributed by atoms with E-state index in [0.29, 0.717) is 41.4 Å². The number of amides is 1. The third-order valence-corrected chi connectivity index (χ3v) is 9.71. The lowest BCUT2D eigenvalue weighted by atomic mass is 9.87. The van der Waals surface area contributed by atoms with Crippen molar-refractivity contribution in [1.82, 2.24) is 39.7 Å². The number of sulfone groups is 1. The van der Waals surface area contributed by atoms with E-state index in [9.17, 15) is 13.2 Å². The van der Waals surface area contributed by atoms with Crippen LogP contribution >= 0.6 is 0 Å². The molecule has 43 heavy (non-hydrogen) atoms. The largest absolute Gasteiger partial charge is 0.382 e. The van der Waals surface area contributed by atoms with Crippen LogP contribution in [-0.4, -0.2) is 72.3 Å². The summed E-state index contributed by atoms with van der Waals surface area (Å²) in [5.74, 6) is 0.987. The zero-order chi connectivity index (χ0) is 29.9. The van der Waals surface area contributed by atoms with Crippen molar-refractivity contribution < 1.29 is 13.2 Å². The normalized spacial score (nSPS) is 20.1. The first kappa shape index (κ1) is 27.2. The molecule has 2 saturated heterocycles. The summed E-state index contributed by atoms with van der Waals surface area (Å²) in [6.45, 7) is 1.77. The van der Waals surface area contributed by atoms with Gasteiger partial charge in [0.2, 0.25) is 5.91 Å². The van der Waals surface area contributed by atoms with Gasteiger partial charge in [0.25, 0.3) is 0 Å². The van der Waals surface area contributed by atoms with Gasteiger partial charge in [0.05, 0.1) is 24.0 Å². The molecule has 6 heterocycles. The average molecular weight is 598 g/mol. The van der Waals surface area contributed by atoms with Gasteiger partial charge in [-0.25, -0.2) is 18.4 Å². The van der Waals surface area contributed by atoms with Crippen LogP contribution in [0.15, 0.2) is 59.8 Å². The number of anilines is 1. The first-order valence-corrected chi connectivity index (χ1v) is 16.1. The molecule has 220 valence electrons. The number of piperidine rings is 1. The highest BCUT2D eigenvalue weighted by atomic mass is 32.2. The van der Waals surface area contributed by atoms with E-state index in [4.69, 9.17) is 10.7 Å². The summed E-state index contributed by atoms with van der Waals surface area (Å²) in [6.07, 6.45) is 7.61. The molecular weight excluding hydrogens is 566 g/mol. The SMILES string of the molecule is Cc1n[nH]c(CC(=O)N2[C@@H]3CC[C@H]2CC(c2nc4c(-c5ccc(-c6ccccc6)nc5)cnn4c(N)c2S(C)(=O)=O)C3)n1. The van der Waals surface area contributed by atoms with Crippen LogP contribution in [0.2, 0.25) is 0 Å². The van der Waals surface area contributed by atoms with E-state index in [1.807, 2.05) is 47.4 Å². The number of pyridine rings is 1. The monoisotopic (exact) mass is 597 g/mol. The molecule has 1 unspecified atom stereocenters. The van der Waals surface area contributed by atoms with E-state index >= 15 is 0 Å². The molecule has 0 spiro atoms. The molecule has 3 atom stereocenters. The number of H-pyrrole nitrogens is 1. The topological polar surface area (TPSA) is 165 Å². The van der Waals surface area contributed by atoms with Gasteiger partial charge in [0.1, 0.15) is 22.4 Å². The van der Waals surface area contributed by atoms with E-state index in [1.165, 1.54) is 4.52 Å². The van der Waals surface area contributed by atoms with Crippen molar-refractivity contribution in [3.63, 3.8) is 0 Å². The number of aryl methyl sites for hydroxylation is 1. The molecule has 2 aliphatic heterocycles. The number of nitrogen functional groups attached to an aromatic ring is 1. The Hall–Kier alpha value is -4.65. The van der Waals surface area contributed by atoms with Crippen LogP contribution in [0.4, 0.5) is 5.82 Å². The first-order chi connectivity index (χ1) is 20.7. The number of benzene rings is 1. The number of rotatable bonds is 6. The van der Waals surface area contributed by atoms with Gasteiger partial charge in [0.15, 0.2) is 15.5 Å². The molecule has 0 saturated carbocycles. The van der Waals surface area contributed by atoms with Gasteiger partial charge in [-0.15, -0.1) is 0 Å². The maximum atomic E-state index is 13.3. The van der Waals surface area contributed by atoms with Crippen molar-refractivity contribution >= 4 is 27.2 Å². The fourth-order valence-corrected chi connectivity index (χ4v) is 7.78. The molecule has 0 radical (unpaired) electrons. The number of hydrogen-bond donors (Lipinski definition) is 2. The van der Waals surface area contributed by atoms with Crippen molar-refractivity contribution in [2.75, 3.05) is 12.0 Å². The molecule has 3 N–H and O–H groups in total. The Kier molecular flexibility index (Phi) is 6.49. The second-order valence-corrected chi connectivity index (χ2v) is 13.4. The minimum absolute atomic E-state index is 0.00196. The van der Waals surface area contributed by atoms with E-state index in [1.54, 1.807) is 19.3 Å². The van der Waals surface area contributed by atoms with Crippen molar-refractivity contribution in [3.8, 4) is 22.4 Å². The lowest BCUT2D eigenvalue weighted by molar-refractivity contribution is -0.135. The van der Waals surface area contributed by atoms with E-state index in [-0.39, 0.29) is 41.0 Å². The smallest absolute Gasteiger partial charge is 0.230 e. The van der Waals surface area contributed by atoms with Gasteiger partial charge in [-0.3, -0.25) is 14.9 Å². The molecule has 0 aliphatic carbocycles. The van der Waals surface area contributed by atoms with Crippen LogP contribution in [-0.2, 0) is 21.1 Å². The summed E-state index contributed by atoms with van der Waals surface area (Å²) >= 11 is 0. The number of fused-ring (bicyclic) bond motifs is 3. The van der Waals surface area contributed by atoms with E-state index in [0.717, 1.165) is 35.9 Å². The Morgan fingerprint density at radius 3 is 2.40 bits per heavy atom. The molecule has 1 aromatic carbocycles. The molecule has 2 fully saturated rings. The molecule has 4 aromatic heterocycles. The van der Waals surface area contributed by atoms with Crippen LogP contribution in [0.1, 0.15) is 48.9 Å². The number of nitrogens with two attached hydrogens (primary N) is 1. The first-order valence-electron chi connectivity index (χ1n) is 14.3. The molecule has 12 nitrogen and oxygen atoms in total. The van der Waals surface area contributed by atoms with Crippen LogP contribution in [0, 0.1) is 6.92 Å². The highest BCUT2D eigenvalue weighted by molar-refractivity contribution is 7.91. The zero-order valence-corrected chi connectivity index (χ0v) is 24.6. The average Bonchev–Trinajstić information content (AvgIpc) is 3.68. The molecule has 13 heteroatoms. The maximum Gasteiger partial charge on any atom is 0.230 e. The number of carbonyl (C=O) groups excluding carboxylic acids is 1. The summed E-state index contributed by atoms with van der Waals surface area (Å²) in [7, 11) is -3.74. The van der Waals surface area contributed by atoms with E-state index < -0.39 is 9.84 Å². The lowest BCUT2D eigenvalue weighted by Crippen LogP contribution is -2.47. The Labute approximate surface area is 248 Å².